The van der Waals surface area contributed by atoms with Gasteiger partial charge in [-0.15, -0.1) is 23.7 Å². The summed E-state index contributed by atoms with van der Waals surface area (Å²) in [6, 6.07) is 6.60. The number of aromatic nitrogens is 1. The van der Waals surface area contributed by atoms with Crippen LogP contribution >= 0.6 is 23.7 Å². The molecule has 0 aliphatic rings. The quantitative estimate of drug-likeness (QED) is 0.619. The molecule has 0 aliphatic carbocycles. The van der Waals surface area contributed by atoms with Crippen LogP contribution in [0.3, 0.4) is 0 Å². The van der Waals surface area contributed by atoms with Crippen LogP contribution in [0.15, 0.2) is 34.5 Å². The van der Waals surface area contributed by atoms with E-state index >= 15 is 0 Å². The third-order valence-corrected chi connectivity index (χ3v) is 6.05. The molecule has 1 aromatic carbocycles. The Bertz CT molecular complexity index is 876. The molecule has 0 aliphatic heterocycles. The van der Waals surface area contributed by atoms with Crippen LogP contribution in [0.2, 0.25) is 0 Å². The molecular formula is C17H25ClN4O3S2. The van der Waals surface area contributed by atoms with Crippen LogP contribution < -0.4 is 15.8 Å². The third kappa shape index (κ3) is 6.86. The Morgan fingerprint density at radius 1 is 1.26 bits per heavy atom. The number of hydrogen-bond donors (Lipinski definition) is 3. The highest BCUT2D eigenvalue weighted by molar-refractivity contribution is 7.89. The number of rotatable bonds is 7. The van der Waals surface area contributed by atoms with Crippen molar-refractivity contribution in [2.75, 3.05) is 6.54 Å². The van der Waals surface area contributed by atoms with E-state index in [2.05, 4.69) is 15.0 Å². The fraction of sp³-hybridized carbons (Fsp3) is 0.412. The molecule has 2 rings (SSSR count). The average Bonchev–Trinajstić information content (AvgIpc) is 3.00. The van der Waals surface area contributed by atoms with Gasteiger partial charge >= 0.3 is 0 Å². The lowest BCUT2D eigenvalue weighted by molar-refractivity contribution is 0.0946. The Hall–Kier alpha value is -1.52. The number of amides is 1. The van der Waals surface area contributed by atoms with Crippen LogP contribution in [0.4, 0.5) is 0 Å². The van der Waals surface area contributed by atoms with Crippen molar-refractivity contribution in [2.45, 2.75) is 44.2 Å². The van der Waals surface area contributed by atoms with Crippen LogP contribution in [-0.4, -0.2) is 31.4 Å². The summed E-state index contributed by atoms with van der Waals surface area (Å²) < 4.78 is 27.9. The van der Waals surface area contributed by atoms with Crippen molar-refractivity contribution in [3.63, 3.8) is 0 Å². The van der Waals surface area contributed by atoms with E-state index in [1.807, 2.05) is 0 Å². The van der Waals surface area contributed by atoms with Gasteiger partial charge in [0.15, 0.2) is 0 Å². The summed E-state index contributed by atoms with van der Waals surface area (Å²) in [6.45, 7) is 5.88. The summed E-state index contributed by atoms with van der Waals surface area (Å²) in [4.78, 5) is 16.6. The number of carbonyl (C=O) groups is 1. The molecule has 0 bridgehead atoms. The third-order valence-electron chi connectivity index (χ3n) is 3.28. The van der Waals surface area contributed by atoms with Crippen molar-refractivity contribution in [1.29, 1.82) is 0 Å². The summed E-state index contributed by atoms with van der Waals surface area (Å²) in [5.41, 5.74) is 5.70. The van der Waals surface area contributed by atoms with Crippen molar-refractivity contribution in [3.05, 3.63) is 45.9 Å². The Labute approximate surface area is 170 Å². The lowest BCUT2D eigenvalue weighted by Gasteiger charge is -2.21. The van der Waals surface area contributed by atoms with Crippen LogP contribution in [0, 0.1) is 0 Å². The molecule has 0 saturated heterocycles. The molecule has 0 spiro atoms. The number of halogens is 1. The molecule has 0 fully saturated rings. The highest BCUT2D eigenvalue weighted by Crippen LogP contribution is 2.18. The molecule has 0 unspecified atom stereocenters. The lowest BCUT2D eigenvalue weighted by Crippen LogP contribution is -2.41. The molecular weight excluding hydrogens is 408 g/mol. The number of nitrogens with zero attached hydrogens (tertiary/aromatic N) is 1. The van der Waals surface area contributed by atoms with Gasteiger partial charge in [-0.2, -0.15) is 0 Å². The normalized spacial score (nSPS) is 11.7. The van der Waals surface area contributed by atoms with Gasteiger partial charge in [0.05, 0.1) is 9.90 Å². The first-order valence-electron chi connectivity index (χ1n) is 8.17. The minimum absolute atomic E-state index is 0. The molecule has 1 aromatic heterocycles. The van der Waals surface area contributed by atoms with Crippen LogP contribution in [0.25, 0.3) is 0 Å². The molecule has 150 valence electrons. The van der Waals surface area contributed by atoms with Gasteiger partial charge in [-0.05, 0) is 38.9 Å². The minimum atomic E-state index is -3.69. The van der Waals surface area contributed by atoms with E-state index in [0.717, 1.165) is 5.01 Å². The molecule has 0 saturated carbocycles. The maximum Gasteiger partial charge on any atom is 0.271 e. The molecule has 10 heteroatoms. The SMILES string of the molecule is CC(C)(C)NS(=O)(=O)c1ccccc1CNC(=O)c1csc(CCN)n1.Cl. The predicted octanol–water partition coefficient (Wildman–Crippen LogP) is 2.07. The van der Waals surface area contributed by atoms with Crippen molar-refractivity contribution >= 4 is 39.7 Å². The van der Waals surface area contributed by atoms with Crippen molar-refractivity contribution < 1.29 is 13.2 Å². The zero-order chi connectivity index (χ0) is 19.4. The molecule has 1 amide bonds. The van der Waals surface area contributed by atoms with Gasteiger partial charge in [0.1, 0.15) is 5.69 Å². The topological polar surface area (TPSA) is 114 Å². The largest absolute Gasteiger partial charge is 0.347 e. The first kappa shape index (κ1) is 23.5. The zero-order valence-electron chi connectivity index (χ0n) is 15.5. The molecule has 0 radical (unpaired) electrons. The van der Waals surface area contributed by atoms with Crippen LogP contribution in [-0.2, 0) is 23.0 Å². The average molecular weight is 433 g/mol. The summed E-state index contributed by atoms with van der Waals surface area (Å²) in [5.74, 6) is -0.347. The van der Waals surface area contributed by atoms with Crippen molar-refractivity contribution in [2.24, 2.45) is 5.73 Å². The van der Waals surface area contributed by atoms with E-state index < -0.39 is 15.6 Å². The Morgan fingerprint density at radius 3 is 2.56 bits per heavy atom. The van der Waals surface area contributed by atoms with E-state index in [1.165, 1.54) is 17.4 Å². The van der Waals surface area contributed by atoms with E-state index in [4.69, 9.17) is 5.73 Å². The monoisotopic (exact) mass is 432 g/mol. The number of thiazole rings is 1. The fourth-order valence-electron chi connectivity index (χ4n) is 2.29. The highest BCUT2D eigenvalue weighted by Gasteiger charge is 2.24. The summed E-state index contributed by atoms with van der Waals surface area (Å²) in [5, 5.41) is 5.20. The van der Waals surface area contributed by atoms with E-state index in [-0.39, 0.29) is 29.8 Å². The van der Waals surface area contributed by atoms with E-state index in [1.54, 1.807) is 44.4 Å². The van der Waals surface area contributed by atoms with Gasteiger partial charge in [0, 0.05) is 23.9 Å². The molecule has 0 atom stereocenters. The number of sulfonamides is 1. The molecule has 1 heterocycles. The number of nitrogens with two attached hydrogens (primary N) is 1. The molecule has 7 nitrogen and oxygen atoms in total. The first-order chi connectivity index (χ1) is 12.1. The second-order valence-corrected chi connectivity index (χ2v) is 9.40. The maximum atomic E-state index is 12.6. The Morgan fingerprint density at radius 2 is 1.93 bits per heavy atom. The smallest absolute Gasteiger partial charge is 0.271 e. The molecule has 4 N–H and O–H groups in total. The maximum absolute atomic E-state index is 12.6. The van der Waals surface area contributed by atoms with Gasteiger partial charge < -0.3 is 11.1 Å². The van der Waals surface area contributed by atoms with Crippen LogP contribution in [0.1, 0.15) is 41.8 Å². The van der Waals surface area contributed by atoms with E-state index in [0.29, 0.717) is 24.2 Å². The van der Waals surface area contributed by atoms with Gasteiger partial charge in [-0.3, -0.25) is 4.79 Å². The number of carbonyl (C=O) groups excluding carboxylic acids is 1. The second kappa shape index (κ2) is 9.61. The Balaban J connectivity index is 0.00000364. The van der Waals surface area contributed by atoms with Gasteiger partial charge in [-0.25, -0.2) is 18.1 Å². The van der Waals surface area contributed by atoms with Crippen LogP contribution in [0.5, 0.6) is 0 Å². The predicted molar refractivity (Wildman–Crippen MR) is 110 cm³/mol. The standard InChI is InChI=1S/C17H24N4O3S2.ClH/c1-17(2,3)21-26(23,24)14-7-5-4-6-12(14)10-19-16(22)13-11-25-15(20-13)8-9-18;/h4-7,11,21H,8-10,18H2,1-3H3,(H,19,22);1H. The van der Waals surface area contributed by atoms with Gasteiger partial charge in [-0.1, -0.05) is 18.2 Å². The Kier molecular flexibility index (Phi) is 8.37. The lowest BCUT2D eigenvalue weighted by atomic mass is 10.1. The fourth-order valence-corrected chi connectivity index (χ4v) is 4.74. The minimum Gasteiger partial charge on any atom is -0.347 e. The van der Waals surface area contributed by atoms with Gasteiger partial charge in [0.25, 0.3) is 5.91 Å². The summed E-state index contributed by atoms with van der Waals surface area (Å²) in [7, 11) is -3.69. The molecule has 2 aromatic rings. The van der Waals surface area contributed by atoms with Crippen molar-refractivity contribution in [1.82, 2.24) is 15.0 Å². The number of nitrogens with one attached hydrogen (secondary N) is 2. The molecule has 27 heavy (non-hydrogen) atoms. The summed E-state index contributed by atoms with van der Waals surface area (Å²) in [6.07, 6.45) is 0.623. The number of benzene rings is 1. The van der Waals surface area contributed by atoms with E-state index in [9.17, 15) is 13.2 Å². The second-order valence-electron chi connectivity index (χ2n) is 6.81. The van der Waals surface area contributed by atoms with Gasteiger partial charge in [0.2, 0.25) is 10.0 Å². The van der Waals surface area contributed by atoms with Crippen molar-refractivity contribution in [3.8, 4) is 0 Å². The number of hydrogen-bond acceptors (Lipinski definition) is 6. The zero-order valence-corrected chi connectivity index (χ0v) is 17.9. The summed E-state index contributed by atoms with van der Waals surface area (Å²) >= 11 is 1.38. The first-order valence-corrected chi connectivity index (χ1v) is 10.5. The highest BCUT2D eigenvalue weighted by atomic mass is 35.5.